The van der Waals surface area contributed by atoms with Gasteiger partial charge in [-0.25, -0.2) is 13.2 Å². The average Bonchev–Trinajstić information content (AvgIpc) is 2.74. The van der Waals surface area contributed by atoms with Gasteiger partial charge in [0.05, 0.1) is 13.1 Å². The van der Waals surface area contributed by atoms with E-state index in [0.29, 0.717) is 28.7 Å². The van der Waals surface area contributed by atoms with Crippen molar-refractivity contribution in [1.82, 2.24) is 4.90 Å². The van der Waals surface area contributed by atoms with Gasteiger partial charge in [-0.05, 0) is 72.5 Å². The number of Topliss-reactive ketones (excluding diaryl/α,β-unsaturated/α-hetero) is 1. The maximum atomic E-state index is 13.6. The summed E-state index contributed by atoms with van der Waals surface area (Å²) in [5, 5.41) is 0. The summed E-state index contributed by atoms with van der Waals surface area (Å²) in [4.78, 5) is 27.2. The third-order valence-electron chi connectivity index (χ3n) is 4.92. The molecule has 0 aromatic heterocycles. The van der Waals surface area contributed by atoms with Crippen molar-refractivity contribution in [2.45, 2.75) is 20.3 Å². The van der Waals surface area contributed by atoms with Crippen molar-refractivity contribution in [1.29, 1.82) is 0 Å². The first kappa shape index (κ1) is 22.3. The number of benzene rings is 2. The van der Waals surface area contributed by atoms with Gasteiger partial charge in [0.1, 0.15) is 5.82 Å². The Morgan fingerprint density at radius 1 is 0.935 bits per heavy atom. The molecule has 1 heterocycles. The highest BCUT2D eigenvalue weighted by Crippen LogP contribution is 2.24. The van der Waals surface area contributed by atoms with E-state index in [2.05, 4.69) is 0 Å². The van der Waals surface area contributed by atoms with Gasteiger partial charge in [-0.15, -0.1) is 0 Å². The molecule has 1 saturated heterocycles. The van der Waals surface area contributed by atoms with Gasteiger partial charge in [0, 0.05) is 11.1 Å². The highest BCUT2D eigenvalue weighted by Gasteiger charge is 2.28. The van der Waals surface area contributed by atoms with E-state index >= 15 is 0 Å². The number of hydrogen-bond donors (Lipinski definition) is 0. The summed E-state index contributed by atoms with van der Waals surface area (Å²) in [6.45, 7) is 3.67. The van der Waals surface area contributed by atoms with Crippen LogP contribution >= 0.6 is 0 Å². The number of amides is 1. The third-order valence-corrected chi connectivity index (χ3v) is 4.92. The first-order chi connectivity index (χ1) is 14.8. The van der Waals surface area contributed by atoms with E-state index in [1.165, 1.54) is 29.2 Å². The molecule has 0 N–H and O–H groups in total. The van der Waals surface area contributed by atoms with E-state index in [-0.39, 0.29) is 36.2 Å². The highest BCUT2D eigenvalue weighted by atomic mass is 19.2. The molecular weight excluding hydrogens is 403 g/mol. The second-order valence-corrected chi connectivity index (χ2v) is 7.36. The number of piperidine rings is 1. The fourth-order valence-corrected chi connectivity index (χ4v) is 3.28. The van der Waals surface area contributed by atoms with Crippen LogP contribution in [0.1, 0.15) is 30.0 Å². The van der Waals surface area contributed by atoms with Crippen LogP contribution in [0.3, 0.4) is 0 Å². The summed E-state index contributed by atoms with van der Waals surface area (Å²) in [6.07, 6.45) is 6.94. The van der Waals surface area contributed by atoms with Crippen LogP contribution in [0, 0.1) is 24.4 Å². The van der Waals surface area contributed by atoms with Crippen molar-refractivity contribution in [2.75, 3.05) is 13.1 Å². The van der Waals surface area contributed by atoms with Crippen LogP contribution in [0.2, 0.25) is 0 Å². The lowest BCUT2D eigenvalue weighted by molar-refractivity contribution is -0.126. The zero-order valence-corrected chi connectivity index (χ0v) is 17.3. The lowest BCUT2D eigenvalue weighted by Crippen LogP contribution is -2.40. The van der Waals surface area contributed by atoms with Gasteiger partial charge in [0.25, 0.3) is 0 Å². The van der Waals surface area contributed by atoms with Gasteiger partial charge in [-0.1, -0.05) is 25.1 Å². The Hall–Kier alpha value is -3.41. The van der Waals surface area contributed by atoms with Crippen LogP contribution in [-0.2, 0) is 9.59 Å². The van der Waals surface area contributed by atoms with Crippen molar-refractivity contribution >= 4 is 23.8 Å². The van der Waals surface area contributed by atoms with Gasteiger partial charge in [-0.3, -0.25) is 9.59 Å². The van der Waals surface area contributed by atoms with E-state index in [1.54, 1.807) is 31.2 Å². The zero-order valence-electron chi connectivity index (χ0n) is 17.3. The maximum Gasteiger partial charge on any atom is 0.246 e. The summed E-state index contributed by atoms with van der Waals surface area (Å²) in [5.74, 6) is -2.90. The molecule has 2 aromatic carbocycles. The summed E-state index contributed by atoms with van der Waals surface area (Å²) < 4.78 is 40.4. The molecule has 160 valence electrons. The quantitative estimate of drug-likeness (QED) is 0.627. The van der Waals surface area contributed by atoms with Crippen molar-refractivity contribution in [2.24, 2.45) is 0 Å². The molecule has 2 aromatic rings. The van der Waals surface area contributed by atoms with Crippen molar-refractivity contribution in [3.63, 3.8) is 0 Å². The SMILES string of the molecule is CC/C=C\C(=O)N1C/C(=C\c2ccc(F)c(C)c2)C(=O)/C(=C/c2ccc(F)c(F)c2)C1. The summed E-state index contributed by atoms with van der Waals surface area (Å²) in [7, 11) is 0. The topological polar surface area (TPSA) is 37.4 Å². The predicted octanol–water partition coefficient (Wildman–Crippen LogP) is 5.26. The Labute approximate surface area is 179 Å². The molecule has 0 saturated carbocycles. The monoisotopic (exact) mass is 425 g/mol. The van der Waals surface area contributed by atoms with Gasteiger partial charge in [-0.2, -0.15) is 0 Å². The lowest BCUT2D eigenvalue weighted by atomic mass is 9.94. The van der Waals surface area contributed by atoms with Crippen LogP contribution in [0.5, 0.6) is 0 Å². The summed E-state index contributed by atoms with van der Waals surface area (Å²) in [6, 6.07) is 7.84. The molecule has 0 spiro atoms. The molecule has 3 rings (SSSR count). The number of nitrogens with zero attached hydrogens (tertiary/aromatic N) is 1. The molecule has 3 nitrogen and oxygen atoms in total. The zero-order chi connectivity index (χ0) is 22.5. The van der Waals surface area contributed by atoms with Gasteiger partial charge >= 0.3 is 0 Å². The van der Waals surface area contributed by atoms with E-state index in [9.17, 15) is 22.8 Å². The van der Waals surface area contributed by atoms with Crippen molar-refractivity contribution < 1.29 is 22.8 Å². The van der Waals surface area contributed by atoms with Gasteiger partial charge in [0.15, 0.2) is 17.4 Å². The molecular formula is C25H22F3NO2. The Morgan fingerprint density at radius 3 is 2.06 bits per heavy atom. The predicted molar refractivity (Wildman–Crippen MR) is 114 cm³/mol. The molecule has 1 amide bonds. The number of aryl methyl sites for hydroxylation is 1. The third kappa shape index (κ3) is 5.40. The minimum Gasteiger partial charge on any atom is -0.330 e. The van der Waals surface area contributed by atoms with Gasteiger partial charge in [0.2, 0.25) is 5.91 Å². The van der Waals surface area contributed by atoms with Gasteiger partial charge < -0.3 is 4.90 Å². The Morgan fingerprint density at radius 2 is 1.52 bits per heavy atom. The molecule has 0 atom stereocenters. The number of rotatable bonds is 4. The van der Waals surface area contributed by atoms with E-state index in [0.717, 1.165) is 12.1 Å². The molecule has 1 aliphatic rings. The molecule has 6 heteroatoms. The standard InChI is InChI=1S/C25H22F3NO2/c1-3-4-5-24(30)29-14-19(11-17-6-8-21(26)16(2)10-17)25(31)20(15-29)12-18-7-9-22(27)23(28)13-18/h4-13H,3,14-15H2,1-2H3/b5-4-,19-11+,20-12+. The van der Waals surface area contributed by atoms with E-state index in [1.807, 2.05) is 6.92 Å². The number of halogens is 3. The first-order valence-electron chi connectivity index (χ1n) is 9.91. The Balaban J connectivity index is 2.02. The molecule has 0 radical (unpaired) electrons. The van der Waals surface area contributed by atoms with Crippen molar-refractivity contribution in [3.8, 4) is 0 Å². The second kappa shape index (κ2) is 9.60. The number of carbonyl (C=O) groups excluding carboxylic acids is 2. The fourth-order valence-electron chi connectivity index (χ4n) is 3.28. The smallest absolute Gasteiger partial charge is 0.246 e. The molecule has 0 unspecified atom stereocenters. The molecule has 0 bridgehead atoms. The Kier molecular flexibility index (Phi) is 6.90. The van der Waals surface area contributed by atoms with Crippen LogP contribution in [-0.4, -0.2) is 29.7 Å². The highest BCUT2D eigenvalue weighted by molar-refractivity contribution is 6.15. The number of likely N-dealkylation sites (tertiary alicyclic amines) is 1. The summed E-state index contributed by atoms with van der Waals surface area (Å²) in [5.41, 5.74) is 2.02. The van der Waals surface area contributed by atoms with E-state index < -0.39 is 11.6 Å². The lowest BCUT2D eigenvalue weighted by Gasteiger charge is -2.29. The van der Waals surface area contributed by atoms with Crippen LogP contribution < -0.4 is 0 Å². The van der Waals surface area contributed by atoms with Crippen LogP contribution in [0.15, 0.2) is 59.7 Å². The fraction of sp³-hybridized carbons (Fsp3) is 0.200. The average molecular weight is 425 g/mol. The first-order valence-corrected chi connectivity index (χ1v) is 9.91. The molecule has 1 fully saturated rings. The van der Waals surface area contributed by atoms with E-state index in [4.69, 9.17) is 0 Å². The van der Waals surface area contributed by atoms with Crippen molar-refractivity contribution in [3.05, 3.63) is 93.8 Å². The molecule has 1 aliphatic heterocycles. The minimum atomic E-state index is -1.02. The van der Waals surface area contributed by atoms with Crippen LogP contribution in [0.25, 0.3) is 12.2 Å². The van der Waals surface area contributed by atoms with Crippen LogP contribution in [0.4, 0.5) is 13.2 Å². The second-order valence-electron chi connectivity index (χ2n) is 7.36. The number of hydrogen-bond acceptors (Lipinski definition) is 2. The number of carbonyl (C=O) groups is 2. The number of ketones is 1. The molecule has 0 aliphatic carbocycles. The normalized spacial score (nSPS) is 17.2. The summed E-state index contributed by atoms with van der Waals surface area (Å²) >= 11 is 0. The maximum absolute atomic E-state index is 13.6. The minimum absolute atomic E-state index is 0.0461. The number of allylic oxidation sites excluding steroid dienone is 1. The molecule has 31 heavy (non-hydrogen) atoms. The largest absolute Gasteiger partial charge is 0.330 e. The Bertz CT molecular complexity index is 1040.